The molecule has 0 bridgehead atoms. The highest BCUT2D eigenvalue weighted by Crippen LogP contribution is 2.50. The van der Waals surface area contributed by atoms with Crippen molar-refractivity contribution in [3.63, 3.8) is 0 Å². The average Bonchev–Trinajstić information content (AvgIpc) is 3.16. The van der Waals surface area contributed by atoms with E-state index >= 15 is 0 Å². The highest BCUT2D eigenvalue weighted by atomic mass is 16.5. The van der Waals surface area contributed by atoms with Gasteiger partial charge in [0.25, 0.3) is 0 Å². The number of rotatable bonds is 3. The van der Waals surface area contributed by atoms with Gasteiger partial charge in [0.2, 0.25) is 0 Å². The zero-order valence-electron chi connectivity index (χ0n) is 14.4. The van der Waals surface area contributed by atoms with E-state index in [1.165, 1.54) is 18.2 Å². The van der Waals surface area contributed by atoms with Crippen molar-refractivity contribution in [2.24, 2.45) is 5.92 Å². The monoisotopic (exact) mass is 335 g/mol. The van der Waals surface area contributed by atoms with Crippen molar-refractivity contribution in [1.82, 2.24) is 0 Å². The minimum absolute atomic E-state index is 0.215. The fraction of sp³-hybridized carbons (Fsp3) is 0.286. The fourth-order valence-electron chi connectivity index (χ4n) is 3.97. The van der Waals surface area contributed by atoms with Gasteiger partial charge in [0.05, 0.1) is 25.8 Å². The summed E-state index contributed by atoms with van der Waals surface area (Å²) in [4.78, 5) is 11.6. The zero-order chi connectivity index (χ0) is 17.4. The van der Waals surface area contributed by atoms with Gasteiger partial charge < -0.3 is 14.8 Å². The lowest BCUT2D eigenvalue weighted by Crippen LogP contribution is -2.29. The Bertz CT molecular complexity index is 826. The average molecular weight is 335 g/mol. The summed E-state index contributed by atoms with van der Waals surface area (Å²) in [5.41, 5.74) is 4.21. The molecule has 3 atom stereocenters. The van der Waals surface area contributed by atoms with Crippen molar-refractivity contribution in [2.75, 3.05) is 19.5 Å². The number of hydrogen-bond acceptors (Lipinski definition) is 4. The largest absolute Gasteiger partial charge is 0.497 e. The van der Waals surface area contributed by atoms with Gasteiger partial charge in [-0.1, -0.05) is 24.3 Å². The number of fused-ring (bicyclic) bond motifs is 3. The molecule has 0 saturated heterocycles. The summed E-state index contributed by atoms with van der Waals surface area (Å²) in [7, 11) is 3.10. The van der Waals surface area contributed by atoms with Gasteiger partial charge in [-0.05, 0) is 53.8 Å². The SMILES string of the molecule is COC(=O)c1ccc(C2Nc3ccc(OC)cc3C3C=CCC32)cc1. The number of esters is 1. The van der Waals surface area contributed by atoms with Crippen LogP contribution in [0.2, 0.25) is 0 Å². The Hall–Kier alpha value is -2.75. The normalized spacial score (nSPS) is 23.4. The summed E-state index contributed by atoms with van der Waals surface area (Å²) in [5, 5.41) is 3.69. The molecule has 0 saturated carbocycles. The Labute approximate surface area is 147 Å². The number of hydrogen-bond donors (Lipinski definition) is 1. The Kier molecular flexibility index (Phi) is 3.96. The molecule has 2 aromatic rings. The van der Waals surface area contributed by atoms with Gasteiger partial charge in [0.15, 0.2) is 0 Å². The summed E-state index contributed by atoms with van der Waals surface area (Å²) >= 11 is 0. The highest BCUT2D eigenvalue weighted by molar-refractivity contribution is 5.89. The third-order valence-corrected chi connectivity index (χ3v) is 5.26. The molecular weight excluding hydrogens is 314 g/mol. The molecule has 4 nitrogen and oxygen atoms in total. The van der Waals surface area contributed by atoms with E-state index in [1.807, 2.05) is 30.3 Å². The van der Waals surface area contributed by atoms with E-state index in [4.69, 9.17) is 9.47 Å². The number of anilines is 1. The van der Waals surface area contributed by atoms with Crippen molar-refractivity contribution in [2.45, 2.75) is 18.4 Å². The minimum Gasteiger partial charge on any atom is -0.497 e. The van der Waals surface area contributed by atoms with Crippen LogP contribution in [0.15, 0.2) is 54.6 Å². The van der Waals surface area contributed by atoms with Crippen LogP contribution in [0.25, 0.3) is 0 Å². The molecule has 0 spiro atoms. The van der Waals surface area contributed by atoms with Gasteiger partial charge in [0.1, 0.15) is 5.75 Å². The summed E-state index contributed by atoms with van der Waals surface area (Å²) in [5.74, 6) is 1.43. The number of ether oxygens (including phenoxy) is 2. The number of nitrogens with one attached hydrogen (secondary N) is 1. The van der Waals surface area contributed by atoms with E-state index in [0.29, 0.717) is 17.4 Å². The summed E-state index contributed by atoms with van der Waals surface area (Å²) < 4.78 is 10.2. The summed E-state index contributed by atoms with van der Waals surface area (Å²) in [6.45, 7) is 0. The van der Waals surface area contributed by atoms with Crippen LogP contribution in [-0.4, -0.2) is 20.2 Å². The third-order valence-electron chi connectivity index (χ3n) is 5.26. The predicted octanol–water partition coefficient (Wildman–Crippen LogP) is 4.31. The van der Waals surface area contributed by atoms with Crippen molar-refractivity contribution < 1.29 is 14.3 Å². The molecule has 4 heteroatoms. The third kappa shape index (κ3) is 2.68. The molecule has 25 heavy (non-hydrogen) atoms. The molecule has 4 rings (SSSR count). The Balaban J connectivity index is 1.68. The molecule has 2 aliphatic rings. The molecule has 3 unspecified atom stereocenters. The molecule has 1 heterocycles. The molecular formula is C21H21NO3. The molecule has 0 aromatic heterocycles. The first-order valence-corrected chi connectivity index (χ1v) is 8.50. The van der Waals surface area contributed by atoms with E-state index in [1.54, 1.807) is 7.11 Å². The number of carbonyl (C=O) groups is 1. The van der Waals surface area contributed by atoms with Gasteiger partial charge >= 0.3 is 5.97 Å². The quantitative estimate of drug-likeness (QED) is 0.671. The molecule has 128 valence electrons. The number of methoxy groups -OCH3 is 2. The van der Waals surface area contributed by atoms with Crippen molar-refractivity contribution in [3.8, 4) is 5.75 Å². The minimum atomic E-state index is -0.305. The molecule has 0 fully saturated rings. The van der Waals surface area contributed by atoms with E-state index in [9.17, 15) is 4.79 Å². The van der Waals surface area contributed by atoms with Gasteiger partial charge in [-0.3, -0.25) is 0 Å². The molecule has 0 radical (unpaired) electrons. The van der Waals surface area contributed by atoms with Crippen molar-refractivity contribution >= 4 is 11.7 Å². The Morgan fingerprint density at radius 3 is 2.64 bits per heavy atom. The van der Waals surface area contributed by atoms with Crippen molar-refractivity contribution in [1.29, 1.82) is 0 Å². The predicted molar refractivity (Wildman–Crippen MR) is 97.1 cm³/mol. The van der Waals surface area contributed by atoms with E-state index < -0.39 is 0 Å². The summed E-state index contributed by atoms with van der Waals surface area (Å²) in [6, 6.07) is 14.1. The van der Waals surface area contributed by atoms with Gasteiger partial charge in [0, 0.05) is 11.6 Å². The van der Waals surface area contributed by atoms with Crippen LogP contribution in [0, 0.1) is 5.92 Å². The van der Waals surface area contributed by atoms with Crippen LogP contribution in [0.1, 0.15) is 39.9 Å². The Morgan fingerprint density at radius 2 is 1.92 bits per heavy atom. The second-order valence-corrected chi connectivity index (χ2v) is 6.54. The van der Waals surface area contributed by atoms with Crippen LogP contribution in [-0.2, 0) is 4.74 Å². The first-order valence-electron chi connectivity index (χ1n) is 8.50. The first-order chi connectivity index (χ1) is 12.2. The number of benzene rings is 2. The molecule has 0 amide bonds. The van der Waals surface area contributed by atoms with Gasteiger partial charge in [-0.2, -0.15) is 0 Å². The molecule has 1 N–H and O–H groups in total. The first kappa shape index (κ1) is 15.8. The lowest BCUT2D eigenvalue weighted by molar-refractivity contribution is 0.0600. The van der Waals surface area contributed by atoms with Crippen LogP contribution in [0.5, 0.6) is 5.75 Å². The van der Waals surface area contributed by atoms with Crippen LogP contribution < -0.4 is 10.1 Å². The second-order valence-electron chi connectivity index (χ2n) is 6.54. The molecule has 1 aliphatic carbocycles. The topological polar surface area (TPSA) is 47.6 Å². The molecule has 1 aliphatic heterocycles. The zero-order valence-corrected chi connectivity index (χ0v) is 14.4. The van der Waals surface area contributed by atoms with E-state index in [2.05, 4.69) is 29.6 Å². The second kappa shape index (κ2) is 6.28. The van der Waals surface area contributed by atoms with Crippen LogP contribution in [0.4, 0.5) is 5.69 Å². The lowest BCUT2D eigenvalue weighted by atomic mass is 9.77. The van der Waals surface area contributed by atoms with Gasteiger partial charge in [-0.25, -0.2) is 4.79 Å². The maximum absolute atomic E-state index is 11.6. The Morgan fingerprint density at radius 1 is 1.12 bits per heavy atom. The highest BCUT2D eigenvalue weighted by Gasteiger charge is 2.38. The number of allylic oxidation sites excluding steroid dienone is 2. The smallest absolute Gasteiger partial charge is 0.337 e. The lowest BCUT2D eigenvalue weighted by Gasteiger charge is -2.37. The van der Waals surface area contributed by atoms with Crippen LogP contribution >= 0.6 is 0 Å². The molecule has 2 aromatic carbocycles. The number of carbonyl (C=O) groups excluding carboxylic acids is 1. The van der Waals surface area contributed by atoms with Crippen LogP contribution in [0.3, 0.4) is 0 Å². The van der Waals surface area contributed by atoms with Gasteiger partial charge in [-0.15, -0.1) is 0 Å². The van der Waals surface area contributed by atoms with Crippen molar-refractivity contribution in [3.05, 3.63) is 71.3 Å². The fourth-order valence-corrected chi connectivity index (χ4v) is 3.97. The maximum Gasteiger partial charge on any atom is 0.337 e. The summed E-state index contributed by atoms with van der Waals surface area (Å²) in [6.07, 6.45) is 5.61. The van der Waals surface area contributed by atoms with E-state index in [0.717, 1.165) is 17.9 Å². The standard InChI is InChI=1S/C21H21NO3/c1-24-15-10-11-19-18(12-15)16-4-3-5-17(16)20(22-19)13-6-8-14(9-7-13)21(23)25-2/h3-4,6-12,16-17,20,22H,5H2,1-2H3. The van der Waals surface area contributed by atoms with E-state index in [-0.39, 0.29) is 12.0 Å². The maximum atomic E-state index is 11.6.